The highest BCUT2D eigenvalue weighted by molar-refractivity contribution is 6.31. The third-order valence-electron chi connectivity index (χ3n) is 3.69. The van der Waals surface area contributed by atoms with E-state index >= 15 is 0 Å². The molecule has 2 aromatic carbocycles. The number of methoxy groups -OCH3 is 1. The number of aryl methyl sites for hydroxylation is 1. The lowest BCUT2D eigenvalue weighted by atomic mass is 10.2. The van der Waals surface area contributed by atoms with Crippen LogP contribution < -0.4 is 15.4 Å². The highest BCUT2D eigenvalue weighted by Crippen LogP contribution is 2.21. The second-order valence-corrected chi connectivity index (χ2v) is 6.00. The van der Waals surface area contributed by atoms with Crippen molar-refractivity contribution in [2.24, 2.45) is 0 Å². The smallest absolute Gasteiger partial charge is 0.258 e. The summed E-state index contributed by atoms with van der Waals surface area (Å²) in [6.07, 6.45) is 2.93. The Bertz CT molecular complexity index is 929. The van der Waals surface area contributed by atoms with Crippen LogP contribution in [0.1, 0.15) is 15.9 Å². The Kier molecular flexibility index (Phi) is 5.34. The highest BCUT2D eigenvalue weighted by Gasteiger charge is 2.10. The molecule has 1 heterocycles. The fraction of sp³-hybridized carbons (Fsp3) is 0.105. The number of carbonyl (C=O) groups is 1. The van der Waals surface area contributed by atoms with Gasteiger partial charge in [-0.05, 0) is 36.8 Å². The number of amides is 1. The van der Waals surface area contributed by atoms with Gasteiger partial charge in [-0.2, -0.15) is 0 Å². The summed E-state index contributed by atoms with van der Waals surface area (Å²) in [7, 11) is 1.60. The average molecular weight is 369 g/mol. The van der Waals surface area contributed by atoms with Gasteiger partial charge in [0.15, 0.2) is 0 Å². The predicted octanol–water partition coefficient (Wildman–Crippen LogP) is 4.44. The number of nitrogens with one attached hydrogen (secondary N) is 2. The third-order valence-corrected chi connectivity index (χ3v) is 3.92. The first-order valence-electron chi connectivity index (χ1n) is 7.86. The van der Waals surface area contributed by atoms with Crippen molar-refractivity contribution in [1.29, 1.82) is 0 Å². The molecule has 0 spiro atoms. The van der Waals surface area contributed by atoms with Gasteiger partial charge in [0.2, 0.25) is 5.95 Å². The zero-order valence-corrected chi connectivity index (χ0v) is 15.0. The van der Waals surface area contributed by atoms with E-state index in [1.807, 2.05) is 37.3 Å². The van der Waals surface area contributed by atoms with E-state index in [-0.39, 0.29) is 5.91 Å². The van der Waals surface area contributed by atoms with E-state index in [2.05, 4.69) is 20.6 Å². The number of rotatable bonds is 5. The molecule has 7 heteroatoms. The Morgan fingerprint density at radius 3 is 2.62 bits per heavy atom. The molecule has 2 N–H and O–H groups in total. The molecule has 0 aliphatic heterocycles. The molecule has 0 fully saturated rings. The summed E-state index contributed by atoms with van der Waals surface area (Å²) in [5.74, 6) is 0.805. The highest BCUT2D eigenvalue weighted by atomic mass is 35.5. The van der Waals surface area contributed by atoms with Crippen molar-refractivity contribution in [3.05, 3.63) is 71.0 Å². The van der Waals surface area contributed by atoms with Crippen LogP contribution in [0.25, 0.3) is 0 Å². The second-order valence-electron chi connectivity index (χ2n) is 5.57. The quantitative estimate of drug-likeness (QED) is 0.696. The van der Waals surface area contributed by atoms with E-state index in [0.717, 1.165) is 17.0 Å². The summed E-state index contributed by atoms with van der Waals surface area (Å²) in [5, 5.41) is 6.43. The number of carbonyl (C=O) groups excluding carboxylic acids is 1. The van der Waals surface area contributed by atoms with Gasteiger partial charge < -0.3 is 15.4 Å². The fourth-order valence-electron chi connectivity index (χ4n) is 2.26. The minimum atomic E-state index is -0.303. The Labute approximate surface area is 156 Å². The first kappa shape index (κ1) is 17.7. The van der Waals surface area contributed by atoms with Gasteiger partial charge in [-0.1, -0.05) is 23.7 Å². The lowest BCUT2D eigenvalue weighted by Crippen LogP contribution is -2.14. The lowest BCUT2D eigenvalue weighted by molar-refractivity contribution is 0.102. The number of anilines is 3. The molecule has 132 valence electrons. The van der Waals surface area contributed by atoms with Crippen molar-refractivity contribution in [2.45, 2.75) is 6.92 Å². The minimum Gasteiger partial charge on any atom is -0.497 e. The number of ether oxygens (including phenoxy) is 1. The Hall–Kier alpha value is -3.12. The molecule has 0 bridgehead atoms. The van der Waals surface area contributed by atoms with Gasteiger partial charge in [0.05, 0.1) is 12.7 Å². The van der Waals surface area contributed by atoms with Crippen LogP contribution in [0.15, 0.2) is 54.9 Å². The number of aromatic nitrogens is 2. The largest absolute Gasteiger partial charge is 0.497 e. The summed E-state index contributed by atoms with van der Waals surface area (Å²) in [5.41, 5.74) is 2.71. The van der Waals surface area contributed by atoms with Crippen LogP contribution in [0.3, 0.4) is 0 Å². The molecule has 0 saturated heterocycles. The maximum atomic E-state index is 12.4. The molecular weight excluding hydrogens is 352 g/mol. The van der Waals surface area contributed by atoms with Crippen LogP contribution in [0.5, 0.6) is 5.75 Å². The normalized spacial score (nSPS) is 10.3. The van der Waals surface area contributed by atoms with Crippen LogP contribution in [0.4, 0.5) is 17.3 Å². The molecule has 26 heavy (non-hydrogen) atoms. The van der Waals surface area contributed by atoms with E-state index < -0.39 is 0 Å². The monoisotopic (exact) mass is 368 g/mol. The number of hydrogen-bond acceptors (Lipinski definition) is 5. The van der Waals surface area contributed by atoms with E-state index in [1.165, 1.54) is 12.4 Å². The van der Waals surface area contributed by atoms with Crippen molar-refractivity contribution in [3.8, 4) is 5.75 Å². The van der Waals surface area contributed by atoms with Crippen molar-refractivity contribution < 1.29 is 9.53 Å². The summed E-state index contributed by atoms with van der Waals surface area (Å²) in [4.78, 5) is 20.7. The number of benzene rings is 2. The van der Waals surface area contributed by atoms with Crippen molar-refractivity contribution in [3.63, 3.8) is 0 Å². The molecule has 0 radical (unpaired) electrons. The molecule has 0 saturated carbocycles. The van der Waals surface area contributed by atoms with Gasteiger partial charge in [-0.25, -0.2) is 9.97 Å². The third kappa shape index (κ3) is 4.29. The topological polar surface area (TPSA) is 76.1 Å². The lowest BCUT2D eigenvalue weighted by Gasteiger charge is -2.09. The van der Waals surface area contributed by atoms with Crippen LogP contribution in [-0.2, 0) is 0 Å². The first-order valence-corrected chi connectivity index (χ1v) is 8.23. The Morgan fingerprint density at radius 2 is 1.88 bits per heavy atom. The van der Waals surface area contributed by atoms with Gasteiger partial charge >= 0.3 is 0 Å². The van der Waals surface area contributed by atoms with Gasteiger partial charge in [-0.15, -0.1) is 0 Å². The maximum Gasteiger partial charge on any atom is 0.258 e. The molecule has 0 atom stereocenters. The predicted molar refractivity (Wildman–Crippen MR) is 102 cm³/mol. The Balaban J connectivity index is 1.70. The van der Waals surface area contributed by atoms with E-state index in [1.54, 1.807) is 19.2 Å². The molecule has 0 aliphatic rings. The van der Waals surface area contributed by atoms with Gasteiger partial charge in [0, 0.05) is 34.9 Å². The molecule has 3 rings (SSSR count). The molecular formula is C19H17ClN4O2. The van der Waals surface area contributed by atoms with Crippen LogP contribution >= 0.6 is 11.6 Å². The molecule has 0 unspecified atom stereocenters. The molecule has 1 aromatic heterocycles. The molecule has 6 nitrogen and oxygen atoms in total. The number of hydrogen-bond donors (Lipinski definition) is 2. The van der Waals surface area contributed by atoms with Crippen LogP contribution in [0, 0.1) is 6.92 Å². The van der Waals surface area contributed by atoms with Crippen molar-refractivity contribution >= 4 is 34.8 Å². The standard InChI is InChI=1S/C19H17ClN4O2/c1-12-6-7-14(20)8-17(12)24-18(25)13-10-21-19(22-11-13)23-15-4-3-5-16(9-15)26-2/h3-11H,1-2H3,(H,24,25)(H,21,22,23). The van der Waals surface area contributed by atoms with Gasteiger partial charge in [0.1, 0.15) is 5.75 Å². The summed E-state index contributed by atoms with van der Waals surface area (Å²) < 4.78 is 5.17. The SMILES string of the molecule is COc1cccc(Nc2ncc(C(=O)Nc3cc(Cl)ccc3C)cn2)c1. The van der Waals surface area contributed by atoms with E-state index in [4.69, 9.17) is 16.3 Å². The summed E-state index contributed by atoms with van der Waals surface area (Å²) in [6, 6.07) is 12.7. The first-order chi connectivity index (χ1) is 12.5. The fourth-order valence-corrected chi connectivity index (χ4v) is 2.44. The molecule has 3 aromatic rings. The van der Waals surface area contributed by atoms with Crippen LogP contribution in [0.2, 0.25) is 5.02 Å². The Morgan fingerprint density at radius 1 is 1.12 bits per heavy atom. The van der Waals surface area contributed by atoms with E-state index in [9.17, 15) is 4.79 Å². The maximum absolute atomic E-state index is 12.4. The average Bonchev–Trinajstić information content (AvgIpc) is 2.65. The van der Waals surface area contributed by atoms with Crippen molar-refractivity contribution in [1.82, 2.24) is 9.97 Å². The number of nitrogens with zero attached hydrogens (tertiary/aromatic N) is 2. The number of halogens is 1. The van der Waals surface area contributed by atoms with Gasteiger partial charge in [-0.3, -0.25) is 4.79 Å². The van der Waals surface area contributed by atoms with Crippen LogP contribution in [-0.4, -0.2) is 23.0 Å². The zero-order chi connectivity index (χ0) is 18.5. The summed E-state index contributed by atoms with van der Waals surface area (Å²) in [6.45, 7) is 1.89. The minimum absolute atomic E-state index is 0.303. The van der Waals surface area contributed by atoms with Crippen molar-refractivity contribution in [2.75, 3.05) is 17.7 Å². The zero-order valence-electron chi connectivity index (χ0n) is 14.3. The summed E-state index contributed by atoms with van der Waals surface area (Å²) >= 11 is 5.97. The second kappa shape index (κ2) is 7.84. The molecule has 1 amide bonds. The van der Waals surface area contributed by atoms with Gasteiger partial charge in [0.25, 0.3) is 5.91 Å². The molecule has 0 aliphatic carbocycles. The van der Waals surface area contributed by atoms with E-state index in [0.29, 0.717) is 22.2 Å².